The first-order valence-corrected chi connectivity index (χ1v) is 21.2. The Labute approximate surface area is 361 Å². The van der Waals surface area contributed by atoms with E-state index in [4.69, 9.17) is 4.74 Å². The molecule has 2 heteroatoms. The molecule has 0 aliphatic carbocycles. The van der Waals surface area contributed by atoms with Crippen molar-refractivity contribution in [2.45, 2.75) is 0 Å². The quantitative estimate of drug-likeness (QED) is 0.159. The van der Waals surface area contributed by atoms with Crippen LogP contribution in [0.25, 0.3) is 88.0 Å². The highest BCUT2D eigenvalue weighted by Gasteiger charge is 2.23. The van der Waals surface area contributed by atoms with Crippen LogP contribution in [0.1, 0.15) is 0 Å². The second-order valence-electron chi connectivity index (χ2n) is 16.1. The Hall–Kier alpha value is -8.20. The second kappa shape index (κ2) is 14.8. The van der Waals surface area contributed by atoms with Crippen molar-refractivity contribution in [3.63, 3.8) is 0 Å². The van der Waals surface area contributed by atoms with Crippen LogP contribution in [-0.4, -0.2) is 0 Å². The summed E-state index contributed by atoms with van der Waals surface area (Å²) >= 11 is 0. The van der Waals surface area contributed by atoms with Crippen molar-refractivity contribution in [1.29, 1.82) is 0 Å². The molecule has 0 aromatic heterocycles. The Kier molecular flexibility index (Phi) is 8.53. The molecule has 0 fully saturated rings. The smallest absolute Gasteiger partial charge is 0.135 e. The molecular formula is C60H39NO. The average Bonchev–Trinajstić information content (AvgIpc) is 3.34. The summed E-state index contributed by atoms with van der Waals surface area (Å²) in [5.41, 5.74) is 14.9. The van der Waals surface area contributed by atoms with Gasteiger partial charge in [-0.3, -0.25) is 0 Å². The highest BCUT2D eigenvalue weighted by molar-refractivity contribution is 6.09. The van der Waals surface area contributed by atoms with Gasteiger partial charge in [-0.05, 0) is 126 Å². The van der Waals surface area contributed by atoms with E-state index >= 15 is 0 Å². The largest absolute Gasteiger partial charge is 0.456 e. The van der Waals surface area contributed by atoms with E-state index < -0.39 is 0 Å². The van der Waals surface area contributed by atoms with Gasteiger partial charge < -0.3 is 9.64 Å². The van der Waals surface area contributed by atoms with Gasteiger partial charge in [-0.1, -0.05) is 182 Å². The van der Waals surface area contributed by atoms with Crippen LogP contribution >= 0.6 is 0 Å². The van der Waals surface area contributed by atoms with Crippen LogP contribution in [0.4, 0.5) is 17.1 Å². The number of hydrogen-bond acceptors (Lipinski definition) is 2. The van der Waals surface area contributed by atoms with E-state index in [0.29, 0.717) is 0 Å². The summed E-state index contributed by atoms with van der Waals surface area (Å²) in [6.45, 7) is 0. The second-order valence-corrected chi connectivity index (χ2v) is 16.1. The van der Waals surface area contributed by atoms with E-state index in [-0.39, 0.29) is 0 Å². The molecule has 62 heavy (non-hydrogen) atoms. The fraction of sp³-hybridized carbons (Fsp3) is 0. The SMILES string of the molecule is c1ccc(-c2cccc3cccc(-c4ccccc4N(c4ccc(-c5ccc6ccccc6c5)cc4)c4cccc(-c5ccc6c(c5)-c5cccc7cccc(c57)O6)c4)c23)cc1. The lowest BCUT2D eigenvalue weighted by Gasteiger charge is -2.29. The number of nitrogens with zero attached hydrogens (tertiary/aromatic N) is 1. The number of rotatable bonds is 7. The van der Waals surface area contributed by atoms with Gasteiger partial charge in [-0.15, -0.1) is 0 Å². The lowest BCUT2D eigenvalue weighted by molar-refractivity contribution is 0.487. The Morgan fingerprint density at radius 3 is 1.65 bits per heavy atom. The van der Waals surface area contributed by atoms with Crippen molar-refractivity contribution in [3.05, 3.63) is 237 Å². The molecule has 0 bridgehead atoms. The molecule has 0 unspecified atom stereocenters. The van der Waals surface area contributed by atoms with Gasteiger partial charge in [0.2, 0.25) is 0 Å². The predicted octanol–water partition coefficient (Wildman–Crippen LogP) is 17.1. The molecule has 0 saturated heterocycles. The molecule has 12 rings (SSSR count). The summed E-state index contributed by atoms with van der Waals surface area (Å²) in [5.74, 6) is 1.78. The average molecular weight is 790 g/mol. The maximum Gasteiger partial charge on any atom is 0.135 e. The van der Waals surface area contributed by atoms with Crippen LogP contribution in [0, 0.1) is 0 Å². The van der Waals surface area contributed by atoms with Crippen molar-refractivity contribution in [2.24, 2.45) is 0 Å². The van der Waals surface area contributed by atoms with E-state index in [9.17, 15) is 0 Å². The molecule has 1 aliphatic rings. The minimum absolute atomic E-state index is 0.878. The first kappa shape index (κ1) is 35.7. The zero-order valence-electron chi connectivity index (χ0n) is 33.9. The fourth-order valence-corrected chi connectivity index (χ4v) is 9.49. The van der Waals surface area contributed by atoms with Gasteiger partial charge in [0.1, 0.15) is 11.5 Å². The molecule has 0 amide bonds. The number of hydrogen-bond donors (Lipinski definition) is 0. The minimum Gasteiger partial charge on any atom is -0.456 e. The van der Waals surface area contributed by atoms with E-state index in [1.807, 2.05) is 0 Å². The molecule has 11 aromatic rings. The Morgan fingerprint density at radius 1 is 0.258 bits per heavy atom. The molecule has 2 nitrogen and oxygen atoms in total. The zero-order chi connectivity index (χ0) is 41.0. The Bertz CT molecular complexity index is 3490. The molecular weight excluding hydrogens is 751 g/mol. The fourth-order valence-electron chi connectivity index (χ4n) is 9.49. The topological polar surface area (TPSA) is 12.5 Å². The number of fused-ring (bicyclic) bond motifs is 4. The van der Waals surface area contributed by atoms with Crippen molar-refractivity contribution >= 4 is 49.4 Å². The summed E-state index contributed by atoms with van der Waals surface area (Å²) in [5, 5.41) is 7.27. The summed E-state index contributed by atoms with van der Waals surface area (Å²) in [4.78, 5) is 2.42. The lowest BCUT2D eigenvalue weighted by Crippen LogP contribution is -2.11. The van der Waals surface area contributed by atoms with Crippen LogP contribution in [0.3, 0.4) is 0 Å². The third-order valence-corrected chi connectivity index (χ3v) is 12.4. The summed E-state index contributed by atoms with van der Waals surface area (Å²) in [6, 6.07) is 85.6. The van der Waals surface area contributed by atoms with Gasteiger partial charge >= 0.3 is 0 Å². The maximum atomic E-state index is 6.49. The summed E-state index contributed by atoms with van der Waals surface area (Å²) < 4.78 is 6.49. The minimum atomic E-state index is 0.878. The van der Waals surface area contributed by atoms with E-state index in [1.165, 1.54) is 60.3 Å². The molecule has 1 aliphatic heterocycles. The number of para-hydroxylation sites is 1. The Morgan fingerprint density at radius 2 is 0.823 bits per heavy atom. The monoisotopic (exact) mass is 789 g/mol. The van der Waals surface area contributed by atoms with Crippen LogP contribution in [-0.2, 0) is 0 Å². The maximum absolute atomic E-state index is 6.49. The van der Waals surface area contributed by atoms with Gasteiger partial charge in [0.15, 0.2) is 0 Å². The molecule has 0 radical (unpaired) electrons. The summed E-state index contributed by atoms with van der Waals surface area (Å²) in [6.07, 6.45) is 0. The zero-order valence-corrected chi connectivity index (χ0v) is 33.9. The van der Waals surface area contributed by atoms with Gasteiger partial charge in [0.25, 0.3) is 0 Å². The van der Waals surface area contributed by atoms with Crippen LogP contribution < -0.4 is 9.64 Å². The van der Waals surface area contributed by atoms with Gasteiger partial charge in [-0.2, -0.15) is 0 Å². The molecule has 0 N–H and O–H groups in total. The van der Waals surface area contributed by atoms with Crippen molar-refractivity contribution in [1.82, 2.24) is 0 Å². The van der Waals surface area contributed by atoms with Crippen LogP contribution in [0.5, 0.6) is 11.5 Å². The third kappa shape index (κ3) is 6.12. The molecule has 11 aromatic carbocycles. The highest BCUT2D eigenvalue weighted by Crippen LogP contribution is 2.49. The first-order valence-electron chi connectivity index (χ1n) is 21.2. The van der Waals surface area contributed by atoms with Crippen LogP contribution in [0.2, 0.25) is 0 Å². The van der Waals surface area contributed by atoms with Crippen molar-refractivity contribution in [3.8, 4) is 67.1 Å². The lowest BCUT2D eigenvalue weighted by atomic mass is 9.90. The van der Waals surface area contributed by atoms with E-state index in [1.54, 1.807) is 0 Å². The van der Waals surface area contributed by atoms with Gasteiger partial charge in [0.05, 0.1) is 5.69 Å². The highest BCUT2D eigenvalue weighted by atomic mass is 16.5. The first-order chi connectivity index (χ1) is 30.7. The molecule has 1 heterocycles. The summed E-state index contributed by atoms with van der Waals surface area (Å²) in [7, 11) is 0. The molecule has 290 valence electrons. The predicted molar refractivity (Wildman–Crippen MR) is 261 cm³/mol. The third-order valence-electron chi connectivity index (χ3n) is 12.4. The standard InChI is InChI=1S/C60H39NO/c1-2-14-42(15-3-1)51-24-9-17-43-18-10-25-53(59(43)51)52-23-6-7-27-56(52)61(49-34-31-41(32-35-49)47-30-29-40-13-4-5-16-45(40)37-47)50-22-8-21-46(38-50)48-33-36-57-55(39-48)54-26-11-19-44-20-12-28-58(62-57)60(44)54/h1-39H. The number of anilines is 3. The molecule has 0 spiro atoms. The van der Waals surface area contributed by atoms with Gasteiger partial charge in [0, 0.05) is 27.9 Å². The molecule has 0 saturated carbocycles. The normalized spacial score (nSPS) is 11.7. The number of ether oxygens (including phenoxy) is 1. The van der Waals surface area contributed by atoms with Gasteiger partial charge in [-0.25, -0.2) is 0 Å². The Balaban J connectivity index is 1.03. The van der Waals surface area contributed by atoms with E-state index in [2.05, 4.69) is 241 Å². The van der Waals surface area contributed by atoms with Crippen molar-refractivity contribution < 1.29 is 4.74 Å². The molecule has 0 atom stereocenters. The van der Waals surface area contributed by atoms with E-state index in [0.717, 1.165) is 56.2 Å². The number of benzene rings is 11. The van der Waals surface area contributed by atoms with Crippen LogP contribution in [0.15, 0.2) is 237 Å². The van der Waals surface area contributed by atoms with Crippen molar-refractivity contribution in [2.75, 3.05) is 4.90 Å².